The van der Waals surface area contributed by atoms with Gasteiger partial charge in [0.25, 0.3) is 0 Å². The lowest BCUT2D eigenvalue weighted by Gasteiger charge is -2.21. The van der Waals surface area contributed by atoms with Gasteiger partial charge in [0.2, 0.25) is 0 Å². The van der Waals surface area contributed by atoms with Crippen molar-refractivity contribution in [2.24, 2.45) is 0 Å². The van der Waals surface area contributed by atoms with Crippen LogP contribution in [0.4, 0.5) is 0 Å². The average Bonchev–Trinajstić information content (AvgIpc) is 2.48. The largest absolute Gasteiger partial charge is 0.462 e. The van der Waals surface area contributed by atoms with Crippen molar-refractivity contribution in [1.29, 1.82) is 0 Å². The van der Waals surface area contributed by atoms with Crippen LogP contribution in [0.15, 0.2) is 12.2 Å². The molecule has 3 atom stereocenters. The Bertz CT molecular complexity index is 327. The van der Waals surface area contributed by atoms with E-state index >= 15 is 0 Å². The Morgan fingerprint density at radius 3 is 2.36 bits per heavy atom. The zero-order chi connectivity index (χ0) is 16.2. The van der Waals surface area contributed by atoms with Crippen molar-refractivity contribution >= 4 is 5.97 Å². The highest BCUT2D eigenvalue weighted by Gasteiger charge is 2.19. The van der Waals surface area contributed by atoms with Gasteiger partial charge in [0.15, 0.2) is 0 Å². The number of unbranched alkanes of at least 4 members (excludes halogenated alkanes) is 6. The highest BCUT2D eigenvalue weighted by atomic mass is 16.5. The summed E-state index contributed by atoms with van der Waals surface area (Å²) < 4.78 is 5.45. The van der Waals surface area contributed by atoms with E-state index in [2.05, 4.69) is 6.92 Å². The number of aliphatic hydroxyl groups is 2. The highest BCUT2D eigenvalue weighted by molar-refractivity contribution is 5.70. The van der Waals surface area contributed by atoms with Crippen LogP contribution in [0.1, 0.15) is 77.6 Å². The van der Waals surface area contributed by atoms with Gasteiger partial charge in [-0.25, -0.2) is 0 Å². The number of cyclic esters (lactones) is 1. The smallest absolute Gasteiger partial charge is 0.309 e. The van der Waals surface area contributed by atoms with E-state index in [9.17, 15) is 15.0 Å². The molecule has 4 nitrogen and oxygen atoms in total. The molecule has 0 aliphatic carbocycles. The Hall–Kier alpha value is -0.870. The van der Waals surface area contributed by atoms with Crippen molar-refractivity contribution < 1.29 is 19.7 Å². The van der Waals surface area contributed by atoms with Crippen LogP contribution in [0, 0.1) is 0 Å². The predicted molar refractivity (Wildman–Crippen MR) is 87.5 cm³/mol. The SMILES string of the molecule is CCCCCCCCCC1CCC(O)C=CC(O)CC(=O)O1. The number of aliphatic hydroxyl groups excluding tert-OH is 2. The number of esters is 1. The summed E-state index contributed by atoms with van der Waals surface area (Å²) in [6.07, 6.45) is 12.2. The Morgan fingerprint density at radius 2 is 1.64 bits per heavy atom. The second kappa shape index (κ2) is 11.7. The van der Waals surface area contributed by atoms with Crippen molar-refractivity contribution in [3.8, 4) is 0 Å². The molecule has 0 saturated heterocycles. The van der Waals surface area contributed by atoms with Crippen LogP contribution in [-0.2, 0) is 9.53 Å². The monoisotopic (exact) mass is 312 g/mol. The van der Waals surface area contributed by atoms with Crippen LogP contribution in [-0.4, -0.2) is 34.5 Å². The molecule has 1 heterocycles. The number of ether oxygens (including phenoxy) is 1. The Labute approximate surface area is 134 Å². The highest BCUT2D eigenvalue weighted by Crippen LogP contribution is 2.18. The van der Waals surface area contributed by atoms with E-state index in [1.807, 2.05) is 0 Å². The number of hydrogen-bond donors (Lipinski definition) is 2. The number of carbonyl (C=O) groups is 1. The second-order valence-electron chi connectivity index (χ2n) is 6.32. The van der Waals surface area contributed by atoms with E-state index < -0.39 is 12.2 Å². The molecule has 0 aromatic rings. The molecule has 128 valence electrons. The lowest BCUT2D eigenvalue weighted by atomic mass is 10.0. The third-order valence-corrected chi connectivity index (χ3v) is 4.14. The van der Waals surface area contributed by atoms with Crippen LogP contribution >= 0.6 is 0 Å². The van der Waals surface area contributed by atoms with Gasteiger partial charge in [-0.1, -0.05) is 57.6 Å². The van der Waals surface area contributed by atoms with Gasteiger partial charge in [-0.3, -0.25) is 4.79 Å². The molecule has 1 aliphatic rings. The molecule has 0 radical (unpaired) electrons. The molecule has 0 fully saturated rings. The Morgan fingerprint density at radius 1 is 1.00 bits per heavy atom. The molecule has 0 aromatic carbocycles. The van der Waals surface area contributed by atoms with E-state index in [0.717, 1.165) is 12.8 Å². The predicted octanol–water partition coefficient (Wildman–Crippen LogP) is 3.50. The standard InChI is InChI=1S/C18H32O4/c1-2-3-4-5-6-7-8-9-17-13-12-15(19)10-11-16(20)14-18(21)22-17/h10-11,15-17,19-20H,2-9,12-14H2,1H3. The topological polar surface area (TPSA) is 66.8 Å². The zero-order valence-corrected chi connectivity index (χ0v) is 13.9. The van der Waals surface area contributed by atoms with Crippen LogP contribution < -0.4 is 0 Å². The van der Waals surface area contributed by atoms with Gasteiger partial charge in [0.1, 0.15) is 6.10 Å². The van der Waals surface area contributed by atoms with Crippen LogP contribution in [0.25, 0.3) is 0 Å². The Kier molecular flexibility index (Phi) is 10.2. The van der Waals surface area contributed by atoms with Gasteiger partial charge >= 0.3 is 5.97 Å². The third kappa shape index (κ3) is 9.21. The minimum Gasteiger partial charge on any atom is -0.462 e. The first-order valence-electron chi connectivity index (χ1n) is 8.85. The molecule has 4 heteroatoms. The van der Waals surface area contributed by atoms with E-state index in [1.54, 1.807) is 6.08 Å². The molecule has 22 heavy (non-hydrogen) atoms. The molecule has 0 spiro atoms. The summed E-state index contributed by atoms with van der Waals surface area (Å²) in [7, 11) is 0. The first-order chi connectivity index (χ1) is 10.6. The maximum Gasteiger partial charge on any atom is 0.309 e. The van der Waals surface area contributed by atoms with Crippen molar-refractivity contribution in [3.05, 3.63) is 12.2 Å². The van der Waals surface area contributed by atoms with Gasteiger partial charge in [-0.2, -0.15) is 0 Å². The lowest BCUT2D eigenvalue weighted by molar-refractivity contribution is -0.151. The van der Waals surface area contributed by atoms with Gasteiger partial charge < -0.3 is 14.9 Å². The molecular formula is C18H32O4. The quantitative estimate of drug-likeness (QED) is 0.409. The summed E-state index contributed by atoms with van der Waals surface area (Å²) in [4.78, 5) is 11.7. The number of hydrogen-bond acceptors (Lipinski definition) is 4. The molecular weight excluding hydrogens is 280 g/mol. The van der Waals surface area contributed by atoms with E-state index in [1.165, 1.54) is 44.6 Å². The molecule has 2 N–H and O–H groups in total. The fourth-order valence-electron chi connectivity index (χ4n) is 2.77. The number of carbonyl (C=O) groups excluding carboxylic acids is 1. The lowest BCUT2D eigenvalue weighted by Crippen LogP contribution is -2.24. The van der Waals surface area contributed by atoms with E-state index in [0.29, 0.717) is 12.8 Å². The molecule has 0 amide bonds. The second-order valence-corrected chi connectivity index (χ2v) is 6.32. The summed E-state index contributed by atoms with van der Waals surface area (Å²) in [5.74, 6) is -0.346. The first kappa shape index (κ1) is 19.2. The summed E-state index contributed by atoms with van der Waals surface area (Å²) >= 11 is 0. The maximum absolute atomic E-state index is 11.7. The molecule has 3 unspecified atom stereocenters. The van der Waals surface area contributed by atoms with Crippen LogP contribution in [0.3, 0.4) is 0 Å². The normalized spacial score (nSPS) is 26.7. The van der Waals surface area contributed by atoms with Gasteiger partial charge in [0.05, 0.1) is 18.6 Å². The molecule has 0 aromatic heterocycles. The minimum atomic E-state index is -0.862. The number of rotatable bonds is 8. The molecule has 0 saturated carbocycles. The van der Waals surface area contributed by atoms with E-state index in [-0.39, 0.29) is 18.5 Å². The summed E-state index contributed by atoms with van der Waals surface area (Å²) in [5.41, 5.74) is 0. The summed E-state index contributed by atoms with van der Waals surface area (Å²) in [5, 5.41) is 19.4. The molecule has 1 rings (SSSR count). The van der Waals surface area contributed by atoms with Crippen molar-refractivity contribution in [3.63, 3.8) is 0 Å². The third-order valence-electron chi connectivity index (χ3n) is 4.14. The van der Waals surface area contributed by atoms with Gasteiger partial charge in [0, 0.05) is 0 Å². The fourth-order valence-corrected chi connectivity index (χ4v) is 2.77. The van der Waals surface area contributed by atoms with Gasteiger partial charge in [-0.15, -0.1) is 0 Å². The summed E-state index contributed by atoms with van der Waals surface area (Å²) in [6.45, 7) is 2.22. The van der Waals surface area contributed by atoms with Crippen molar-refractivity contribution in [2.45, 2.75) is 95.9 Å². The van der Waals surface area contributed by atoms with E-state index in [4.69, 9.17) is 4.74 Å². The zero-order valence-electron chi connectivity index (χ0n) is 13.9. The van der Waals surface area contributed by atoms with Crippen LogP contribution in [0.5, 0.6) is 0 Å². The van der Waals surface area contributed by atoms with Crippen LogP contribution in [0.2, 0.25) is 0 Å². The molecule has 0 bridgehead atoms. The average molecular weight is 312 g/mol. The van der Waals surface area contributed by atoms with Crippen molar-refractivity contribution in [1.82, 2.24) is 0 Å². The Balaban J connectivity index is 2.28. The minimum absolute atomic E-state index is 0.0310. The van der Waals surface area contributed by atoms with Crippen molar-refractivity contribution in [2.75, 3.05) is 0 Å². The van der Waals surface area contributed by atoms with Gasteiger partial charge in [-0.05, 0) is 25.7 Å². The molecule has 1 aliphatic heterocycles. The fraction of sp³-hybridized carbons (Fsp3) is 0.833. The maximum atomic E-state index is 11.7. The summed E-state index contributed by atoms with van der Waals surface area (Å²) in [6, 6.07) is 0. The first-order valence-corrected chi connectivity index (χ1v) is 8.85.